The summed E-state index contributed by atoms with van der Waals surface area (Å²) in [5.74, 6) is 1.06. The molecule has 1 fully saturated rings. The van der Waals surface area contributed by atoms with Crippen molar-refractivity contribution in [1.29, 1.82) is 0 Å². The van der Waals surface area contributed by atoms with Crippen molar-refractivity contribution in [3.8, 4) is 0 Å². The molecule has 0 amide bonds. The van der Waals surface area contributed by atoms with Crippen LogP contribution in [-0.2, 0) is 0 Å². The molecule has 2 heteroatoms. The molecule has 0 aliphatic heterocycles. The Bertz CT molecular complexity index is 279. The summed E-state index contributed by atoms with van der Waals surface area (Å²) in [4.78, 5) is 0. The minimum atomic E-state index is -0.164. The molecule has 1 saturated carbocycles. The van der Waals surface area contributed by atoms with E-state index in [1.54, 1.807) is 0 Å². The van der Waals surface area contributed by atoms with Gasteiger partial charge in [-0.25, -0.2) is 0 Å². The molecule has 1 heterocycles. The highest BCUT2D eigenvalue weighted by atomic mass is 16.3. The Morgan fingerprint density at radius 2 is 1.86 bits per heavy atom. The van der Waals surface area contributed by atoms with E-state index >= 15 is 0 Å². The molecular formula is C12H19NO. The van der Waals surface area contributed by atoms with Gasteiger partial charge in [0, 0.05) is 12.4 Å². The van der Waals surface area contributed by atoms with Gasteiger partial charge in [0.05, 0.1) is 12.1 Å². The zero-order valence-corrected chi connectivity index (χ0v) is 8.93. The highest BCUT2D eigenvalue weighted by molar-refractivity contribution is 4.98. The lowest BCUT2D eigenvalue weighted by atomic mass is 9.92. The van der Waals surface area contributed by atoms with Gasteiger partial charge in [0.1, 0.15) is 0 Å². The minimum absolute atomic E-state index is 0.164. The maximum absolute atomic E-state index is 10.2. The van der Waals surface area contributed by atoms with Gasteiger partial charge in [0.25, 0.3) is 0 Å². The summed E-state index contributed by atoms with van der Waals surface area (Å²) in [5.41, 5.74) is 0. The first-order valence-corrected chi connectivity index (χ1v) is 5.50. The van der Waals surface area contributed by atoms with E-state index in [-0.39, 0.29) is 6.10 Å². The van der Waals surface area contributed by atoms with Gasteiger partial charge in [-0.1, -0.05) is 13.8 Å². The predicted octanol–water partition coefficient (Wildman–Crippen LogP) is 2.46. The fraction of sp³-hybridized carbons (Fsp3) is 0.667. The second-order valence-electron chi connectivity index (χ2n) is 4.67. The largest absolute Gasteiger partial charge is 0.391 e. The zero-order valence-electron chi connectivity index (χ0n) is 8.93. The molecule has 3 atom stereocenters. The molecule has 14 heavy (non-hydrogen) atoms. The van der Waals surface area contributed by atoms with Gasteiger partial charge < -0.3 is 9.67 Å². The van der Waals surface area contributed by atoms with E-state index in [0.29, 0.717) is 17.9 Å². The fourth-order valence-electron chi connectivity index (χ4n) is 2.61. The number of nitrogens with zero attached hydrogens (tertiary/aromatic N) is 1. The first-order chi connectivity index (χ1) is 6.70. The van der Waals surface area contributed by atoms with E-state index in [9.17, 15) is 5.11 Å². The topological polar surface area (TPSA) is 25.2 Å². The Morgan fingerprint density at radius 3 is 2.36 bits per heavy atom. The van der Waals surface area contributed by atoms with Crippen LogP contribution < -0.4 is 0 Å². The molecule has 0 bridgehead atoms. The van der Waals surface area contributed by atoms with Crippen molar-refractivity contribution < 1.29 is 5.11 Å². The van der Waals surface area contributed by atoms with Gasteiger partial charge in [-0.2, -0.15) is 0 Å². The third-order valence-electron chi connectivity index (χ3n) is 3.50. The summed E-state index contributed by atoms with van der Waals surface area (Å²) in [6, 6.07) is 4.35. The summed E-state index contributed by atoms with van der Waals surface area (Å²) in [5, 5.41) is 10.2. The van der Waals surface area contributed by atoms with Crippen molar-refractivity contribution in [3.05, 3.63) is 24.5 Å². The van der Waals surface area contributed by atoms with Crippen molar-refractivity contribution in [2.45, 2.75) is 38.8 Å². The number of aliphatic hydroxyl groups is 1. The quantitative estimate of drug-likeness (QED) is 0.767. The molecule has 1 aromatic heterocycles. The van der Waals surface area contributed by atoms with Crippen molar-refractivity contribution in [1.82, 2.24) is 4.57 Å². The molecule has 0 unspecified atom stereocenters. The van der Waals surface area contributed by atoms with Gasteiger partial charge in [-0.15, -0.1) is 0 Å². The van der Waals surface area contributed by atoms with E-state index in [0.717, 1.165) is 12.8 Å². The van der Waals surface area contributed by atoms with Crippen LogP contribution in [0.1, 0.15) is 32.7 Å². The first-order valence-electron chi connectivity index (χ1n) is 5.50. The average Bonchev–Trinajstić information content (AvgIpc) is 2.71. The number of rotatable bonds is 2. The van der Waals surface area contributed by atoms with Crippen molar-refractivity contribution in [2.75, 3.05) is 0 Å². The summed E-state index contributed by atoms with van der Waals surface area (Å²) in [6.07, 6.45) is 6.20. The first kappa shape index (κ1) is 9.78. The molecular weight excluding hydrogens is 174 g/mol. The average molecular weight is 193 g/mol. The second kappa shape index (κ2) is 3.77. The Morgan fingerprint density at radius 1 is 1.21 bits per heavy atom. The fourth-order valence-corrected chi connectivity index (χ4v) is 2.61. The van der Waals surface area contributed by atoms with Crippen LogP contribution in [0.3, 0.4) is 0 Å². The Labute approximate surface area is 85.6 Å². The highest BCUT2D eigenvalue weighted by Crippen LogP contribution is 2.38. The second-order valence-corrected chi connectivity index (χ2v) is 4.67. The summed E-state index contributed by atoms with van der Waals surface area (Å²) < 4.78 is 2.15. The van der Waals surface area contributed by atoms with Crippen LogP contribution in [0.25, 0.3) is 0 Å². The third kappa shape index (κ3) is 1.59. The molecule has 1 aromatic rings. The van der Waals surface area contributed by atoms with Crippen LogP contribution in [0, 0.1) is 11.8 Å². The number of hydrogen-bond acceptors (Lipinski definition) is 1. The van der Waals surface area contributed by atoms with Gasteiger partial charge in [0.2, 0.25) is 0 Å². The van der Waals surface area contributed by atoms with Crippen molar-refractivity contribution >= 4 is 0 Å². The zero-order chi connectivity index (χ0) is 10.1. The molecule has 0 saturated heterocycles. The van der Waals surface area contributed by atoms with E-state index in [4.69, 9.17) is 0 Å². The lowest BCUT2D eigenvalue weighted by Gasteiger charge is -2.23. The normalized spacial score (nSPS) is 32.7. The summed E-state index contributed by atoms with van der Waals surface area (Å²) in [6.45, 7) is 4.40. The highest BCUT2D eigenvalue weighted by Gasteiger charge is 2.36. The molecule has 1 aliphatic carbocycles. The van der Waals surface area contributed by atoms with Crippen LogP contribution in [-0.4, -0.2) is 15.8 Å². The summed E-state index contributed by atoms with van der Waals surface area (Å²) >= 11 is 0. The lowest BCUT2D eigenvalue weighted by Crippen LogP contribution is -2.26. The molecule has 2 rings (SSSR count). The molecule has 0 aromatic carbocycles. The number of aliphatic hydroxyl groups excluding tert-OH is 1. The summed E-state index contributed by atoms with van der Waals surface area (Å²) in [7, 11) is 0. The van der Waals surface area contributed by atoms with Crippen LogP contribution in [0.2, 0.25) is 0 Å². The minimum Gasteiger partial charge on any atom is -0.391 e. The van der Waals surface area contributed by atoms with Crippen LogP contribution in [0.15, 0.2) is 24.5 Å². The Kier molecular flexibility index (Phi) is 2.64. The lowest BCUT2D eigenvalue weighted by molar-refractivity contribution is 0.0751. The van der Waals surface area contributed by atoms with Crippen LogP contribution >= 0.6 is 0 Å². The van der Waals surface area contributed by atoms with Crippen LogP contribution in [0.4, 0.5) is 0 Å². The molecule has 1 N–H and O–H groups in total. The van der Waals surface area contributed by atoms with E-state index in [1.165, 1.54) is 0 Å². The van der Waals surface area contributed by atoms with E-state index in [2.05, 4.69) is 30.8 Å². The number of aromatic nitrogens is 1. The van der Waals surface area contributed by atoms with Gasteiger partial charge in [-0.05, 0) is 36.8 Å². The maximum atomic E-state index is 10.2. The molecule has 78 valence electrons. The molecule has 0 radical (unpaired) electrons. The SMILES string of the molecule is CC(C)[C@@H]1CC[C@@H](n2cccc2)[C@@H]1O. The third-order valence-corrected chi connectivity index (χ3v) is 3.50. The predicted molar refractivity (Wildman–Crippen MR) is 57.0 cm³/mol. The smallest absolute Gasteiger partial charge is 0.0777 e. The monoisotopic (exact) mass is 193 g/mol. The molecule has 1 aliphatic rings. The number of hydrogen-bond donors (Lipinski definition) is 1. The van der Waals surface area contributed by atoms with Gasteiger partial charge >= 0.3 is 0 Å². The molecule has 0 spiro atoms. The van der Waals surface area contributed by atoms with E-state index < -0.39 is 0 Å². The standard InChI is InChI=1S/C12H19NO/c1-9(2)10-5-6-11(12(10)14)13-7-3-4-8-13/h3-4,7-12,14H,5-6H2,1-2H3/t10-,11+,12+/m0/s1. The molecule has 2 nitrogen and oxygen atoms in total. The van der Waals surface area contributed by atoms with E-state index in [1.807, 2.05) is 12.1 Å². The van der Waals surface area contributed by atoms with Crippen LogP contribution in [0.5, 0.6) is 0 Å². The van der Waals surface area contributed by atoms with Crippen molar-refractivity contribution in [3.63, 3.8) is 0 Å². The Balaban J connectivity index is 2.11. The Hall–Kier alpha value is -0.760. The van der Waals surface area contributed by atoms with Crippen molar-refractivity contribution in [2.24, 2.45) is 11.8 Å². The maximum Gasteiger partial charge on any atom is 0.0777 e. The van der Waals surface area contributed by atoms with Gasteiger partial charge in [-0.3, -0.25) is 0 Å². The van der Waals surface area contributed by atoms with Gasteiger partial charge in [0.15, 0.2) is 0 Å².